The highest BCUT2D eigenvalue weighted by atomic mass is 16.5. The van der Waals surface area contributed by atoms with E-state index in [2.05, 4.69) is 10.6 Å². The molecule has 0 spiro atoms. The zero-order valence-corrected chi connectivity index (χ0v) is 14.3. The molecule has 2 aliphatic heterocycles. The Hall–Kier alpha value is -2.57. The van der Waals surface area contributed by atoms with Gasteiger partial charge in [0.05, 0.1) is 7.11 Å². The number of likely N-dealkylation sites (tertiary alicyclic amines) is 1. The van der Waals surface area contributed by atoms with Crippen LogP contribution in [-0.4, -0.2) is 54.9 Å². The summed E-state index contributed by atoms with van der Waals surface area (Å²) in [4.78, 5) is 37.8. The van der Waals surface area contributed by atoms with Crippen LogP contribution in [0.4, 0.5) is 0 Å². The molecule has 3 amide bonds. The van der Waals surface area contributed by atoms with Crippen molar-refractivity contribution in [3.05, 3.63) is 29.8 Å². The second kappa shape index (κ2) is 7.55. The molecule has 3 rings (SSSR count). The summed E-state index contributed by atoms with van der Waals surface area (Å²) in [7, 11) is 1.57. The third-order valence-corrected chi connectivity index (χ3v) is 4.77. The van der Waals surface area contributed by atoms with E-state index in [4.69, 9.17) is 4.74 Å². The highest BCUT2D eigenvalue weighted by Gasteiger charge is 2.32. The molecule has 1 aromatic carbocycles. The number of hydrogen-bond donors (Lipinski definition) is 2. The van der Waals surface area contributed by atoms with Crippen molar-refractivity contribution in [2.45, 2.75) is 37.8 Å². The maximum absolute atomic E-state index is 12.4. The van der Waals surface area contributed by atoms with Crippen molar-refractivity contribution in [2.24, 2.45) is 0 Å². The maximum atomic E-state index is 12.4. The molecule has 7 nitrogen and oxygen atoms in total. The minimum absolute atomic E-state index is 0.0107. The Morgan fingerprint density at radius 2 is 2.00 bits per heavy atom. The van der Waals surface area contributed by atoms with Gasteiger partial charge >= 0.3 is 0 Å². The molecule has 2 heterocycles. The van der Waals surface area contributed by atoms with Crippen molar-refractivity contribution in [1.29, 1.82) is 0 Å². The number of nitrogens with zero attached hydrogens (tertiary/aromatic N) is 1. The molecule has 0 bridgehead atoms. The molecular weight excluding hydrogens is 322 g/mol. The summed E-state index contributed by atoms with van der Waals surface area (Å²) >= 11 is 0. The fourth-order valence-electron chi connectivity index (χ4n) is 3.30. The summed E-state index contributed by atoms with van der Waals surface area (Å²) in [5.41, 5.74) is 0.562. The van der Waals surface area contributed by atoms with Crippen LogP contribution >= 0.6 is 0 Å². The van der Waals surface area contributed by atoms with Gasteiger partial charge in [0.25, 0.3) is 5.91 Å². The van der Waals surface area contributed by atoms with Gasteiger partial charge in [0.2, 0.25) is 11.8 Å². The molecular formula is C18H23N3O4. The average molecular weight is 345 g/mol. The molecule has 2 N–H and O–H groups in total. The second-order valence-corrected chi connectivity index (χ2v) is 6.46. The standard InChI is InChI=1S/C18H23N3O4/c1-25-14-4-2-3-12(11-14)17(23)19-13-7-9-21(10-8-13)18(24)15-5-6-16(22)20-15/h2-4,11,13,15H,5-10H2,1H3,(H,19,23)(H,20,22). The van der Waals surface area contributed by atoms with Gasteiger partial charge in [-0.1, -0.05) is 6.07 Å². The Morgan fingerprint density at radius 1 is 1.24 bits per heavy atom. The van der Waals surface area contributed by atoms with Crippen LogP contribution in [0.25, 0.3) is 0 Å². The number of hydrogen-bond acceptors (Lipinski definition) is 4. The molecule has 2 fully saturated rings. The first-order chi connectivity index (χ1) is 12.1. The lowest BCUT2D eigenvalue weighted by atomic mass is 10.0. The van der Waals surface area contributed by atoms with Crippen molar-refractivity contribution in [3.8, 4) is 5.75 Å². The first-order valence-corrected chi connectivity index (χ1v) is 8.60. The van der Waals surface area contributed by atoms with Gasteiger partial charge in [-0.25, -0.2) is 0 Å². The number of rotatable bonds is 4. The summed E-state index contributed by atoms with van der Waals surface area (Å²) in [5.74, 6) is 0.445. The van der Waals surface area contributed by atoms with Gasteiger partial charge in [0, 0.05) is 31.1 Å². The van der Waals surface area contributed by atoms with E-state index in [1.54, 1.807) is 36.3 Å². The lowest BCUT2D eigenvalue weighted by Gasteiger charge is -2.33. The smallest absolute Gasteiger partial charge is 0.251 e. The monoisotopic (exact) mass is 345 g/mol. The maximum Gasteiger partial charge on any atom is 0.251 e. The zero-order valence-electron chi connectivity index (χ0n) is 14.3. The van der Waals surface area contributed by atoms with Crippen molar-refractivity contribution in [1.82, 2.24) is 15.5 Å². The fourth-order valence-corrected chi connectivity index (χ4v) is 3.30. The van der Waals surface area contributed by atoms with E-state index in [9.17, 15) is 14.4 Å². The zero-order chi connectivity index (χ0) is 17.8. The van der Waals surface area contributed by atoms with Gasteiger partial charge in [-0.3, -0.25) is 14.4 Å². The van der Waals surface area contributed by atoms with Crippen LogP contribution in [0.1, 0.15) is 36.0 Å². The molecule has 0 saturated carbocycles. The molecule has 2 aliphatic rings. The van der Waals surface area contributed by atoms with Gasteiger partial charge in [-0.15, -0.1) is 0 Å². The van der Waals surface area contributed by atoms with Crippen LogP contribution in [0.5, 0.6) is 5.75 Å². The van der Waals surface area contributed by atoms with Crippen molar-refractivity contribution < 1.29 is 19.1 Å². The van der Waals surface area contributed by atoms with Crippen molar-refractivity contribution >= 4 is 17.7 Å². The minimum Gasteiger partial charge on any atom is -0.497 e. The molecule has 0 aromatic heterocycles. The van der Waals surface area contributed by atoms with Crippen LogP contribution < -0.4 is 15.4 Å². The number of ether oxygens (including phenoxy) is 1. The SMILES string of the molecule is COc1cccc(C(=O)NC2CCN(C(=O)C3CCC(=O)N3)CC2)c1. The van der Waals surface area contributed by atoms with Crippen LogP contribution in [0.3, 0.4) is 0 Å². The lowest BCUT2D eigenvalue weighted by Crippen LogP contribution is -2.51. The Labute approximate surface area is 146 Å². The second-order valence-electron chi connectivity index (χ2n) is 6.46. The largest absolute Gasteiger partial charge is 0.497 e. The molecule has 0 aliphatic carbocycles. The van der Waals surface area contributed by atoms with Crippen LogP contribution in [-0.2, 0) is 9.59 Å². The number of carbonyl (C=O) groups is 3. The Morgan fingerprint density at radius 3 is 2.64 bits per heavy atom. The molecule has 25 heavy (non-hydrogen) atoms. The molecule has 2 saturated heterocycles. The average Bonchev–Trinajstić information content (AvgIpc) is 3.08. The van der Waals surface area contributed by atoms with Crippen LogP contribution in [0.15, 0.2) is 24.3 Å². The number of piperidine rings is 1. The molecule has 1 atom stereocenters. The fraction of sp³-hybridized carbons (Fsp3) is 0.500. The molecule has 7 heteroatoms. The van der Waals surface area contributed by atoms with E-state index in [-0.39, 0.29) is 29.8 Å². The number of nitrogens with one attached hydrogen (secondary N) is 2. The van der Waals surface area contributed by atoms with E-state index >= 15 is 0 Å². The highest BCUT2D eigenvalue weighted by molar-refractivity contribution is 5.95. The van der Waals surface area contributed by atoms with E-state index in [0.29, 0.717) is 50.1 Å². The van der Waals surface area contributed by atoms with Crippen LogP contribution in [0.2, 0.25) is 0 Å². The predicted octanol–water partition coefficient (Wildman–Crippen LogP) is 0.695. The first-order valence-electron chi connectivity index (χ1n) is 8.60. The Kier molecular flexibility index (Phi) is 5.21. The summed E-state index contributed by atoms with van der Waals surface area (Å²) in [6.07, 6.45) is 2.41. The molecule has 0 radical (unpaired) electrons. The molecule has 1 unspecified atom stereocenters. The van der Waals surface area contributed by atoms with Gasteiger partial charge in [0.15, 0.2) is 0 Å². The van der Waals surface area contributed by atoms with Gasteiger partial charge < -0.3 is 20.3 Å². The summed E-state index contributed by atoms with van der Waals surface area (Å²) < 4.78 is 5.14. The first kappa shape index (κ1) is 17.3. The summed E-state index contributed by atoms with van der Waals surface area (Å²) in [5, 5.41) is 5.74. The van der Waals surface area contributed by atoms with E-state index in [0.717, 1.165) is 0 Å². The molecule has 134 valence electrons. The number of methoxy groups -OCH3 is 1. The Balaban J connectivity index is 1.49. The number of carbonyl (C=O) groups excluding carboxylic acids is 3. The Bertz CT molecular complexity index is 668. The lowest BCUT2D eigenvalue weighted by molar-refractivity contribution is -0.135. The summed E-state index contributed by atoms with van der Waals surface area (Å²) in [6.45, 7) is 1.18. The highest BCUT2D eigenvalue weighted by Crippen LogP contribution is 2.17. The third-order valence-electron chi connectivity index (χ3n) is 4.77. The minimum atomic E-state index is -0.379. The van der Waals surface area contributed by atoms with Gasteiger partial charge in [-0.2, -0.15) is 0 Å². The predicted molar refractivity (Wildman–Crippen MR) is 91.2 cm³/mol. The quantitative estimate of drug-likeness (QED) is 0.841. The van der Waals surface area contributed by atoms with Crippen LogP contribution in [0, 0.1) is 0 Å². The topological polar surface area (TPSA) is 87.7 Å². The van der Waals surface area contributed by atoms with Gasteiger partial charge in [-0.05, 0) is 37.5 Å². The number of amides is 3. The van der Waals surface area contributed by atoms with E-state index < -0.39 is 0 Å². The van der Waals surface area contributed by atoms with Crippen molar-refractivity contribution in [2.75, 3.05) is 20.2 Å². The third kappa shape index (κ3) is 4.10. The molecule has 1 aromatic rings. The van der Waals surface area contributed by atoms with Gasteiger partial charge in [0.1, 0.15) is 11.8 Å². The van der Waals surface area contributed by atoms with E-state index in [1.807, 2.05) is 0 Å². The summed E-state index contributed by atoms with van der Waals surface area (Å²) in [6, 6.07) is 6.69. The van der Waals surface area contributed by atoms with E-state index in [1.165, 1.54) is 0 Å². The number of benzene rings is 1. The van der Waals surface area contributed by atoms with Crippen molar-refractivity contribution in [3.63, 3.8) is 0 Å². The normalized spacial score (nSPS) is 20.9.